The van der Waals surface area contributed by atoms with Crippen LogP contribution in [0.5, 0.6) is 0 Å². The number of anilines is 1. The van der Waals surface area contributed by atoms with Gasteiger partial charge in [0.05, 0.1) is 23.3 Å². The summed E-state index contributed by atoms with van der Waals surface area (Å²) in [5, 5.41) is 20.2. The van der Waals surface area contributed by atoms with E-state index in [0.29, 0.717) is 4.88 Å². The molecule has 0 bridgehead atoms. The predicted octanol–water partition coefficient (Wildman–Crippen LogP) is 1.16. The molecule has 3 heterocycles. The first kappa shape index (κ1) is 18.8. The summed E-state index contributed by atoms with van der Waals surface area (Å²) in [6.45, 7) is -0.0959. The van der Waals surface area contributed by atoms with Crippen LogP contribution in [0.1, 0.15) is 41.5 Å². The first-order valence-corrected chi connectivity index (χ1v) is 9.12. The Morgan fingerprint density at radius 2 is 1.72 bits per heavy atom. The second-order valence-electron chi connectivity index (χ2n) is 6.27. The smallest absolute Gasteiger partial charge is 0.394 e. The molecule has 1 atom stereocenters. The number of amides is 3. The van der Waals surface area contributed by atoms with Gasteiger partial charge in [-0.15, -0.1) is 11.3 Å². The summed E-state index contributed by atoms with van der Waals surface area (Å²) in [4.78, 5) is 60.7. The van der Waals surface area contributed by atoms with E-state index >= 15 is 0 Å². The van der Waals surface area contributed by atoms with Gasteiger partial charge in [0.25, 0.3) is 11.8 Å². The van der Waals surface area contributed by atoms with Crippen molar-refractivity contribution in [1.29, 1.82) is 0 Å². The fraction of sp³-hybridized carbons (Fsp3) is 0.167. The lowest BCUT2D eigenvalue weighted by molar-refractivity contribution is -0.147. The molecule has 0 saturated carbocycles. The zero-order valence-corrected chi connectivity index (χ0v) is 15.3. The van der Waals surface area contributed by atoms with Crippen LogP contribution in [0.2, 0.25) is 0 Å². The number of carbonyl (C=O) groups excluding carboxylic acids is 3. The minimum atomic E-state index is -1.76. The van der Waals surface area contributed by atoms with Gasteiger partial charge in [0, 0.05) is 11.3 Å². The minimum absolute atomic E-state index is 0.0954. The molecule has 0 spiro atoms. The van der Waals surface area contributed by atoms with E-state index in [1.54, 1.807) is 12.1 Å². The van der Waals surface area contributed by atoms with E-state index in [0.717, 1.165) is 16.2 Å². The van der Waals surface area contributed by atoms with Crippen molar-refractivity contribution in [1.82, 2.24) is 4.90 Å². The molecule has 3 N–H and O–H groups in total. The summed E-state index contributed by atoms with van der Waals surface area (Å²) in [6.07, 6.45) is -1.12. The summed E-state index contributed by atoms with van der Waals surface area (Å²) in [5.41, 5.74) is 0.496. The number of fused-ring (bicyclic) bond motifs is 2. The van der Waals surface area contributed by atoms with E-state index in [1.165, 1.54) is 12.1 Å². The molecule has 29 heavy (non-hydrogen) atoms. The van der Waals surface area contributed by atoms with Crippen molar-refractivity contribution in [3.05, 3.63) is 51.4 Å². The lowest BCUT2D eigenvalue weighted by Crippen LogP contribution is -2.44. The molecule has 2 aliphatic rings. The van der Waals surface area contributed by atoms with Crippen molar-refractivity contribution in [2.75, 3.05) is 5.32 Å². The summed E-state index contributed by atoms with van der Waals surface area (Å²) in [7, 11) is 0. The van der Waals surface area contributed by atoms with Crippen molar-refractivity contribution in [2.45, 2.75) is 19.3 Å². The van der Waals surface area contributed by atoms with E-state index in [1.807, 2.05) is 0 Å². The third-order valence-corrected chi connectivity index (χ3v) is 5.75. The Morgan fingerprint density at radius 3 is 2.28 bits per heavy atom. The summed E-state index contributed by atoms with van der Waals surface area (Å²) < 4.78 is 5.63. The number of benzene rings is 1. The molecule has 148 valence electrons. The molecular weight excluding hydrogens is 404 g/mol. The van der Waals surface area contributed by atoms with E-state index in [9.17, 15) is 29.1 Å². The highest BCUT2D eigenvalue weighted by Crippen LogP contribution is 2.39. The number of imide groups is 1. The Balaban J connectivity index is 1.67. The highest BCUT2D eigenvalue weighted by Gasteiger charge is 2.43. The molecule has 2 aromatic rings. The van der Waals surface area contributed by atoms with E-state index in [-0.39, 0.29) is 40.3 Å². The van der Waals surface area contributed by atoms with Gasteiger partial charge in [-0.1, -0.05) is 12.1 Å². The molecule has 0 fully saturated rings. The molecule has 0 radical (unpaired) electrons. The Bertz CT molecular complexity index is 1070. The molecule has 1 aromatic carbocycles. The van der Waals surface area contributed by atoms with Crippen LogP contribution >= 0.6 is 11.3 Å². The average Bonchev–Trinajstić information content (AvgIpc) is 3.16. The summed E-state index contributed by atoms with van der Waals surface area (Å²) in [6, 6.07) is 6.31. The first-order chi connectivity index (χ1) is 13.8. The van der Waals surface area contributed by atoms with Crippen molar-refractivity contribution in [3.8, 4) is 0 Å². The largest absolute Gasteiger partial charge is 0.478 e. The highest BCUT2D eigenvalue weighted by atomic mass is 32.1. The maximum absolute atomic E-state index is 12.7. The number of carbonyl (C=O) groups is 5. The lowest BCUT2D eigenvalue weighted by Gasteiger charge is -2.29. The number of nitrogens with zero attached hydrogens (tertiary/aromatic N) is 1. The quantitative estimate of drug-likeness (QED) is 0.498. The van der Waals surface area contributed by atoms with Crippen LogP contribution in [0.3, 0.4) is 0 Å². The topological polar surface area (TPSA) is 150 Å². The zero-order valence-electron chi connectivity index (χ0n) is 14.5. The van der Waals surface area contributed by atoms with Crippen molar-refractivity contribution < 1.29 is 38.9 Å². The summed E-state index contributed by atoms with van der Waals surface area (Å²) in [5.74, 6) is -5.57. The Hall–Kier alpha value is -3.57. The van der Waals surface area contributed by atoms with Gasteiger partial charge >= 0.3 is 17.8 Å². The minimum Gasteiger partial charge on any atom is -0.478 e. The number of aliphatic carboxylic acids is 1. The summed E-state index contributed by atoms with van der Waals surface area (Å²) >= 11 is 0.880. The molecule has 1 aromatic heterocycles. The molecule has 3 amide bonds. The number of hydrogen-bond acceptors (Lipinski definition) is 7. The average molecular weight is 416 g/mol. The third kappa shape index (κ3) is 2.96. The van der Waals surface area contributed by atoms with E-state index in [4.69, 9.17) is 9.84 Å². The Kier molecular flexibility index (Phi) is 4.40. The number of aromatic carboxylic acids is 1. The Labute approximate surface area is 166 Å². The Morgan fingerprint density at radius 1 is 1.10 bits per heavy atom. The van der Waals surface area contributed by atoms with E-state index in [2.05, 4.69) is 5.32 Å². The highest BCUT2D eigenvalue weighted by molar-refractivity contribution is 7.17. The van der Waals surface area contributed by atoms with Gasteiger partial charge in [0.15, 0.2) is 0 Å². The number of thiophene rings is 1. The van der Waals surface area contributed by atoms with Gasteiger partial charge in [0.1, 0.15) is 11.2 Å². The van der Waals surface area contributed by atoms with Crippen LogP contribution in [0.25, 0.3) is 0 Å². The van der Waals surface area contributed by atoms with Gasteiger partial charge in [-0.25, -0.2) is 14.5 Å². The van der Waals surface area contributed by atoms with Crippen molar-refractivity contribution >= 4 is 46.0 Å². The SMILES string of the molecule is O=C(O)C(=O)Nc1sc2c(c1C(=O)O)C[C@@H](N1C(=O)c3ccccc3C1=O)OC2. The number of carboxylic acids is 2. The number of rotatable bonds is 3. The first-order valence-electron chi connectivity index (χ1n) is 8.30. The number of hydrogen-bond donors (Lipinski definition) is 3. The predicted molar refractivity (Wildman–Crippen MR) is 96.8 cm³/mol. The number of ether oxygens (including phenoxy) is 1. The van der Waals surface area contributed by atoms with Gasteiger partial charge < -0.3 is 20.3 Å². The molecular formula is C18H12N2O8S. The molecule has 0 aliphatic carbocycles. The molecule has 0 unspecified atom stereocenters. The normalized spacial score (nSPS) is 17.7. The molecule has 10 nitrogen and oxygen atoms in total. The number of carboxylic acid groups (broad SMARTS) is 2. The standard InChI is InChI=1S/C18H12N2O8S/c21-13(18(26)27)19-14-12(17(24)25)9-5-11(28-6-10(9)29-14)20-15(22)7-3-1-2-4-8(7)16(20)23/h1-4,11H,5-6H2,(H,19,21)(H,24,25)(H,26,27)/t11-/m0/s1. The molecule has 0 saturated heterocycles. The second-order valence-corrected chi connectivity index (χ2v) is 7.37. The maximum atomic E-state index is 12.7. The monoisotopic (exact) mass is 416 g/mol. The third-order valence-electron chi connectivity index (χ3n) is 4.62. The van der Waals surface area contributed by atoms with Crippen LogP contribution < -0.4 is 5.32 Å². The lowest BCUT2D eigenvalue weighted by atomic mass is 10.0. The van der Waals surface area contributed by atoms with Crippen LogP contribution in [-0.2, 0) is 27.4 Å². The van der Waals surface area contributed by atoms with E-state index < -0.39 is 35.9 Å². The maximum Gasteiger partial charge on any atom is 0.394 e. The molecule has 11 heteroatoms. The van der Waals surface area contributed by atoms with Crippen LogP contribution in [0.15, 0.2) is 24.3 Å². The van der Waals surface area contributed by atoms with Gasteiger partial charge in [-0.05, 0) is 17.7 Å². The van der Waals surface area contributed by atoms with Gasteiger partial charge in [-0.2, -0.15) is 0 Å². The van der Waals surface area contributed by atoms with Crippen LogP contribution in [-0.4, -0.2) is 51.0 Å². The number of nitrogens with one attached hydrogen (secondary N) is 1. The second kappa shape index (κ2) is 6.79. The van der Waals surface area contributed by atoms with Crippen molar-refractivity contribution in [2.24, 2.45) is 0 Å². The fourth-order valence-corrected chi connectivity index (χ4v) is 4.49. The van der Waals surface area contributed by atoms with Crippen molar-refractivity contribution in [3.63, 3.8) is 0 Å². The fourth-order valence-electron chi connectivity index (χ4n) is 3.36. The van der Waals surface area contributed by atoms with Gasteiger partial charge in [0.2, 0.25) is 0 Å². The van der Waals surface area contributed by atoms with Crippen LogP contribution in [0, 0.1) is 0 Å². The zero-order chi connectivity index (χ0) is 20.9. The van der Waals surface area contributed by atoms with Gasteiger partial charge in [-0.3, -0.25) is 14.4 Å². The molecule has 2 aliphatic heterocycles. The van der Waals surface area contributed by atoms with Crippen LogP contribution in [0.4, 0.5) is 5.00 Å². The molecule has 4 rings (SSSR count).